The molecule has 0 aliphatic carbocycles. The number of methoxy groups -OCH3 is 1. The van der Waals surface area contributed by atoms with Gasteiger partial charge in [-0.1, -0.05) is 12.1 Å². The molecule has 0 atom stereocenters. The van der Waals surface area contributed by atoms with Gasteiger partial charge in [-0.15, -0.1) is 0 Å². The van der Waals surface area contributed by atoms with Gasteiger partial charge in [-0.05, 0) is 42.5 Å². The van der Waals surface area contributed by atoms with E-state index in [9.17, 15) is 4.79 Å². The summed E-state index contributed by atoms with van der Waals surface area (Å²) in [6, 6.07) is 18.0. The number of carbonyl (C=O) groups is 1. The lowest BCUT2D eigenvalue weighted by molar-refractivity contribution is 0.102. The van der Waals surface area contributed by atoms with Crippen molar-refractivity contribution in [3.05, 3.63) is 78.1 Å². The number of para-hydroxylation sites is 2. The minimum Gasteiger partial charge on any atom is -0.495 e. The first kappa shape index (κ1) is 17.0. The summed E-state index contributed by atoms with van der Waals surface area (Å²) in [6.45, 7) is 0. The first-order valence-electron chi connectivity index (χ1n) is 7.86. The van der Waals surface area contributed by atoms with Gasteiger partial charge in [0.2, 0.25) is 0 Å². The van der Waals surface area contributed by atoms with Gasteiger partial charge in [0.1, 0.15) is 5.75 Å². The van der Waals surface area contributed by atoms with Crippen molar-refractivity contribution in [1.82, 2.24) is 4.98 Å². The zero-order valence-corrected chi connectivity index (χ0v) is 14.1. The van der Waals surface area contributed by atoms with E-state index in [0.717, 1.165) is 5.69 Å². The average molecular weight is 344 g/mol. The van der Waals surface area contributed by atoms with Gasteiger partial charge in [0.05, 0.1) is 41.9 Å². The number of nitrogens with one attached hydrogen (secondary N) is 2. The van der Waals surface area contributed by atoms with E-state index in [4.69, 9.17) is 10.00 Å². The molecular weight excluding hydrogens is 328 g/mol. The van der Waals surface area contributed by atoms with Crippen molar-refractivity contribution in [2.45, 2.75) is 0 Å². The van der Waals surface area contributed by atoms with E-state index in [1.54, 1.807) is 55.8 Å². The lowest BCUT2D eigenvalue weighted by Crippen LogP contribution is -2.13. The fraction of sp³-hybridized carbons (Fsp3) is 0.0500. The number of amides is 1. The molecule has 26 heavy (non-hydrogen) atoms. The third-order valence-corrected chi connectivity index (χ3v) is 3.66. The van der Waals surface area contributed by atoms with Crippen LogP contribution in [0.25, 0.3) is 0 Å². The Morgan fingerprint density at radius 2 is 1.85 bits per heavy atom. The molecule has 128 valence electrons. The molecule has 0 bridgehead atoms. The number of aromatic nitrogens is 1. The van der Waals surface area contributed by atoms with Crippen LogP contribution in [0.3, 0.4) is 0 Å². The zero-order valence-electron chi connectivity index (χ0n) is 14.1. The van der Waals surface area contributed by atoms with Crippen molar-refractivity contribution in [2.24, 2.45) is 0 Å². The summed E-state index contributed by atoms with van der Waals surface area (Å²) in [5.41, 5.74) is 3.05. The molecule has 1 heterocycles. The van der Waals surface area contributed by atoms with Crippen LogP contribution in [-0.2, 0) is 0 Å². The van der Waals surface area contributed by atoms with Crippen molar-refractivity contribution in [3.63, 3.8) is 0 Å². The molecule has 3 rings (SSSR count). The van der Waals surface area contributed by atoms with Gasteiger partial charge >= 0.3 is 0 Å². The molecule has 1 aromatic heterocycles. The molecule has 0 saturated carbocycles. The van der Waals surface area contributed by atoms with Gasteiger partial charge in [-0.3, -0.25) is 9.78 Å². The number of benzene rings is 2. The molecule has 2 N–H and O–H groups in total. The van der Waals surface area contributed by atoms with Gasteiger partial charge in [0.15, 0.2) is 0 Å². The molecule has 0 radical (unpaired) electrons. The highest BCUT2D eigenvalue weighted by atomic mass is 16.5. The SMILES string of the molecule is COc1ccccc1NC(=O)c1cncc(Nc2ccc(C#N)cc2)c1. The smallest absolute Gasteiger partial charge is 0.257 e. The van der Waals surface area contributed by atoms with Gasteiger partial charge in [-0.2, -0.15) is 5.26 Å². The normalized spacial score (nSPS) is 9.85. The number of nitriles is 1. The maximum atomic E-state index is 12.5. The van der Waals surface area contributed by atoms with E-state index in [1.807, 2.05) is 12.1 Å². The fourth-order valence-electron chi connectivity index (χ4n) is 2.37. The van der Waals surface area contributed by atoms with Gasteiger partial charge in [-0.25, -0.2) is 0 Å². The molecule has 2 aromatic carbocycles. The Balaban J connectivity index is 1.75. The number of rotatable bonds is 5. The second-order valence-corrected chi connectivity index (χ2v) is 5.43. The molecule has 0 saturated heterocycles. The summed E-state index contributed by atoms with van der Waals surface area (Å²) in [5, 5.41) is 14.8. The second kappa shape index (κ2) is 7.81. The van der Waals surface area contributed by atoms with Gasteiger partial charge in [0.25, 0.3) is 5.91 Å². The summed E-state index contributed by atoms with van der Waals surface area (Å²) < 4.78 is 5.24. The Hall–Kier alpha value is -3.85. The molecule has 1 amide bonds. The van der Waals surface area contributed by atoms with Crippen LogP contribution in [0, 0.1) is 11.3 Å². The topological polar surface area (TPSA) is 87.0 Å². The van der Waals surface area contributed by atoms with E-state index in [2.05, 4.69) is 21.7 Å². The molecule has 0 unspecified atom stereocenters. The number of hydrogen-bond donors (Lipinski definition) is 2. The third-order valence-electron chi connectivity index (χ3n) is 3.66. The van der Waals surface area contributed by atoms with Gasteiger partial charge in [0, 0.05) is 11.9 Å². The molecule has 0 fully saturated rings. The first-order valence-corrected chi connectivity index (χ1v) is 7.86. The molecule has 6 nitrogen and oxygen atoms in total. The number of pyridine rings is 1. The lowest BCUT2D eigenvalue weighted by atomic mass is 10.2. The molecule has 3 aromatic rings. The molecular formula is C20H16N4O2. The van der Waals surface area contributed by atoms with Crippen molar-refractivity contribution in [2.75, 3.05) is 17.7 Å². The summed E-state index contributed by atoms with van der Waals surface area (Å²) in [6.07, 6.45) is 3.12. The zero-order chi connectivity index (χ0) is 18.4. The highest BCUT2D eigenvalue weighted by molar-refractivity contribution is 6.05. The minimum atomic E-state index is -0.287. The predicted octanol–water partition coefficient (Wildman–Crippen LogP) is 3.96. The molecule has 0 spiro atoms. The van der Waals surface area contributed by atoms with Crippen molar-refractivity contribution >= 4 is 23.0 Å². The number of anilines is 3. The summed E-state index contributed by atoms with van der Waals surface area (Å²) >= 11 is 0. The minimum absolute atomic E-state index is 0.287. The van der Waals surface area contributed by atoms with Crippen LogP contribution in [0.15, 0.2) is 67.0 Å². The number of hydrogen-bond acceptors (Lipinski definition) is 5. The van der Waals surface area contributed by atoms with Crippen LogP contribution in [0.1, 0.15) is 15.9 Å². The maximum absolute atomic E-state index is 12.5. The second-order valence-electron chi connectivity index (χ2n) is 5.43. The fourth-order valence-corrected chi connectivity index (χ4v) is 2.37. The first-order chi connectivity index (χ1) is 12.7. The summed E-state index contributed by atoms with van der Waals surface area (Å²) in [4.78, 5) is 16.6. The Morgan fingerprint density at radius 3 is 2.58 bits per heavy atom. The van der Waals surface area contributed by atoms with E-state index in [-0.39, 0.29) is 5.91 Å². The van der Waals surface area contributed by atoms with Crippen LogP contribution in [0.4, 0.5) is 17.1 Å². The highest BCUT2D eigenvalue weighted by Crippen LogP contribution is 2.24. The van der Waals surface area contributed by atoms with Crippen molar-refractivity contribution in [1.29, 1.82) is 5.26 Å². The monoisotopic (exact) mass is 344 g/mol. The van der Waals surface area contributed by atoms with E-state index in [1.165, 1.54) is 6.20 Å². The van der Waals surface area contributed by atoms with Crippen LogP contribution < -0.4 is 15.4 Å². The Kier molecular flexibility index (Phi) is 5.11. The van der Waals surface area contributed by atoms with Gasteiger partial charge < -0.3 is 15.4 Å². The van der Waals surface area contributed by atoms with Crippen LogP contribution >= 0.6 is 0 Å². The highest BCUT2D eigenvalue weighted by Gasteiger charge is 2.10. The number of carbonyl (C=O) groups excluding carboxylic acids is 1. The van der Waals surface area contributed by atoms with Crippen LogP contribution in [0.5, 0.6) is 5.75 Å². The van der Waals surface area contributed by atoms with Crippen LogP contribution in [0.2, 0.25) is 0 Å². The Bertz CT molecular complexity index is 962. The number of ether oxygens (including phenoxy) is 1. The van der Waals surface area contributed by atoms with E-state index >= 15 is 0 Å². The van der Waals surface area contributed by atoms with Crippen LogP contribution in [-0.4, -0.2) is 18.0 Å². The maximum Gasteiger partial charge on any atom is 0.257 e. The Labute approximate surface area is 151 Å². The number of nitrogens with zero attached hydrogens (tertiary/aromatic N) is 2. The standard InChI is InChI=1S/C20H16N4O2/c1-26-19-5-3-2-4-18(19)24-20(25)15-10-17(13-22-12-15)23-16-8-6-14(11-21)7-9-16/h2-10,12-13,23H,1H3,(H,24,25). The lowest BCUT2D eigenvalue weighted by Gasteiger charge is -2.11. The van der Waals surface area contributed by atoms with E-state index in [0.29, 0.717) is 28.3 Å². The average Bonchev–Trinajstić information content (AvgIpc) is 2.69. The molecule has 0 aliphatic heterocycles. The predicted molar refractivity (Wildman–Crippen MR) is 99.6 cm³/mol. The van der Waals surface area contributed by atoms with Crippen molar-refractivity contribution < 1.29 is 9.53 Å². The van der Waals surface area contributed by atoms with Crippen molar-refractivity contribution in [3.8, 4) is 11.8 Å². The summed E-state index contributed by atoms with van der Waals surface area (Å²) in [5.74, 6) is 0.297. The largest absolute Gasteiger partial charge is 0.495 e. The third kappa shape index (κ3) is 3.97. The molecule has 6 heteroatoms. The van der Waals surface area contributed by atoms with E-state index < -0.39 is 0 Å². The summed E-state index contributed by atoms with van der Waals surface area (Å²) in [7, 11) is 1.55. The quantitative estimate of drug-likeness (QED) is 0.731. The Morgan fingerprint density at radius 1 is 1.08 bits per heavy atom. The molecule has 0 aliphatic rings.